The van der Waals surface area contributed by atoms with Crippen molar-refractivity contribution in [3.05, 3.63) is 65.6 Å². The molecule has 4 heteroatoms. The van der Waals surface area contributed by atoms with E-state index in [4.69, 9.17) is 9.98 Å². The molecule has 0 aliphatic rings. The van der Waals surface area contributed by atoms with Crippen LogP contribution in [0.25, 0.3) is 0 Å². The molecule has 0 aliphatic carbocycles. The van der Waals surface area contributed by atoms with Gasteiger partial charge in [0.25, 0.3) is 0 Å². The van der Waals surface area contributed by atoms with Crippen LogP contribution in [0.1, 0.15) is 185 Å². The number of nitrogens with zero attached hydrogens (tertiary/aromatic N) is 2. The number of benzene rings is 2. The second-order valence-corrected chi connectivity index (χ2v) is 13.4. The molecule has 2 rings (SSSR count). The zero-order valence-electron chi connectivity index (χ0n) is 32.5. The van der Waals surface area contributed by atoms with Crippen LogP contribution >= 0.6 is 14.2 Å². The van der Waals surface area contributed by atoms with E-state index in [1.54, 1.807) is 11.1 Å². The van der Waals surface area contributed by atoms with Gasteiger partial charge in [-0.25, -0.2) is 0 Å². The summed E-state index contributed by atoms with van der Waals surface area (Å²) in [5.74, 6) is 0. The van der Waals surface area contributed by atoms with Gasteiger partial charge in [-0.1, -0.05) is 125 Å². The average Bonchev–Trinajstić information content (AvgIpc) is 3.09. The first-order chi connectivity index (χ1) is 23.0. The summed E-state index contributed by atoms with van der Waals surface area (Å²) in [6, 6.07) is 11.8. The Labute approximate surface area is 314 Å². The van der Waals surface area contributed by atoms with Crippen LogP contribution in [0.5, 0.6) is 0 Å². The van der Waals surface area contributed by atoms with E-state index in [1.165, 1.54) is 145 Å². The summed E-state index contributed by atoms with van der Waals surface area (Å²) < 4.78 is 0. The maximum atomic E-state index is 5.25. The van der Waals surface area contributed by atoms with Crippen molar-refractivity contribution in [3.63, 3.8) is 0 Å². The average molecular weight is 769 g/mol. The van der Waals surface area contributed by atoms with E-state index in [0.29, 0.717) is 0 Å². The summed E-state index contributed by atoms with van der Waals surface area (Å²) in [6.07, 6.45) is 27.8. The Bertz CT molecular complexity index is 1150. The Balaban J connectivity index is 0.00000722. The summed E-state index contributed by atoms with van der Waals surface area (Å²) in [6.45, 7) is 15.9. The molecule has 0 radical (unpaired) electrons. The van der Waals surface area contributed by atoms with E-state index in [2.05, 4.69) is 107 Å². The predicted octanol–water partition coefficient (Wildman–Crippen LogP) is 15.3. The minimum absolute atomic E-state index is 0. The normalized spacial score (nSPS) is 11.7. The molecule has 2 nitrogen and oxygen atoms in total. The quantitative estimate of drug-likeness (QED) is 0.0416. The molecule has 48 heavy (non-hydrogen) atoms. The van der Waals surface area contributed by atoms with Crippen LogP contribution in [0.4, 0.5) is 11.4 Å². The first kappa shape index (κ1) is 46.8. The van der Waals surface area contributed by atoms with E-state index in [-0.39, 0.29) is 7.43 Å². The van der Waals surface area contributed by atoms with E-state index in [1.807, 2.05) is 0 Å². The van der Waals surface area contributed by atoms with E-state index < -0.39 is 0 Å². The number of hydrogen-bond acceptors (Lipinski definition) is 2. The third-order valence-electron chi connectivity index (χ3n) is 9.48. The molecule has 0 bridgehead atoms. The van der Waals surface area contributed by atoms with Gasteiger partial charge in [0.15, 0.2) is 0 Å². The molecule has 2 aromatic rings. The molecule has 0 atom stereocenters. The summed E-state index contributed by atoms with van der Waals surface area (Å²) in [5.41, 5.74) is 12.1. The van der Waals surface area contributed by atoms with Gasteiger partial charge in [-0.15, -0.1) is 0 Å². The van der Waals surface area contributed by atoms with Crippen LogP contribution in [0.2, 0.25) is 0 Å². The van der Waals surface area contributed by atoms with Gasteiger partial charge in [-0.05, 0) is 123 Å². The van der Waals surface area contributed by atoms with Crippen LogP contribution in [0.15, 0.2) is 40.3 Å². The molecule has 277 valence electrons. The van der Waals surface area contributed by atoms with E-state index in [9.17, 15) is 0 Å². The molecule has 0 N–H and O–H groups in total. The first-order valence-electron chi connectivity index (χ1n) is 19.5. The van der Waals surface area contributed by atoms with Gasteiger partial charge in [-0.2, -0.15) is 0 Å². The molecule has 2 aromatic carbocycles. The molecular weight excluding hydrogens is 695 g/mol. The van der Waals surface area contributed by atoms with Gasteiger partial charge in [-0.3, -0.25) is 9.98 Å². The van der Waals surface area contributed by atoms with Crippen molar-refractivity contribution in [1.82, 2.24) is 0 Å². The SMILES string of the molecule is CCCCCCCCc1cc(N=C(C)C(CC)=Nc2ccc(CCCC)c(CCCCCC)c2)cc(CC)c1CCCCCC.[CH3-].[Ni][Br]. The maximum absolute atomic E-state index is 5.25. The fourth-order valence-electron chi connectivity index (χ4n) is 6.63. The van der Waals surface area contributed by atoms with Crippen molar-refractivity contribution < 1.29 is 13.7 Å². The summed E-state index contributed by atoms with van der Waals surface area (Å²) >= 11 is 6.25. The van der Waals surface area contributed by atoms with Gasteiger partial charge in [0.05, 0.1) is 22.8 Å². The van der Waals surface area contributed by atoms with E-state index in [0.717, 1.165) is 35.6 Å². The van der Waals surface area contributed by atoms with Crippen LogP contribution in [0, 0.1) is 7.43 Å². The molecule has 0 saturated heterocycles. The van der Waals surface area contributed by atoms with Gasteiger partial charge < -0.3 is 7.43 Å². The van der Waals surface area contributed by atoms with E-state index >= 15 is 0 Å². The second-order valence-electron chi connectivity index (χ2n) is 13.4. The monoisotopic (exact) mass is 766 g/mol. The van der Waals surface area contributed by atoms with Crippen molar-refractivity contribution in [2.45, 2.75) is 190 Å². The number of halogens is 1. The molecule has 0 aliphatic heterocycles. The second kappa shape index (κ2) is 30.6. The topological polar surface area (TPSA) is 24.7 Å². The van der Waals surface area contributed by atoms with Gasteiger partial charge in [0.1, 0.15) is 0 Å². The summed E-state index contributed by atoms with van der Waals surface area (Å²) in [7, 11) is 0. The van der Waals surface area contributed by atoms with Crippen molar-refractivity contribution in [3.8, 4) is 0 Å². The van der Waals surface area contributed by atoms with Crippen LogP contribution < -0.4 is 0 Å². The molecule has 0 amide bonds. The van der Waals surface area contributed by atoms with Crippen LogP contribution in [0.3, 0.4) is 0 Å². The van der Waals surface area contributed by atoms with Gasteiger partial charge >= 0.3 is 27.9 Å². The summed E-state index contributed by atoms with van der Waals surface area (Å²) in [4.78, 5) is 10.5. The molecule has 0 unspecified atom stereocenters. The third kappa shape index (κ3) is 18.7. The Morgan fingerprint density at radius 3 is 1.58 bits per heavy atom. The van der Waals surface area contributed by atoms with Crippen LogP contribution in [-0.4, -0.2) is 11.4 Å². The van der Waals surface area contributed by atoms with Crippen LogP contribution in [-0.2, 0) is 45.8 Å². The molecule has 0 aromatic heterocycles. The number of aryl methyl sites for hydroxylation is 4. The fourth-order valence-corrected chi connectivity index (χ4v) is 6.63. The minimum atomic E-state index is 0. The van der Waals surface area contributed by atoms with Crippen molar-refractivity contribution in [1.29, 1.82) is 0 Å². The first-order valence-corrected chi connectivity index (χ1v) is 22.0. The van der Waals surface area contributed by atoms with Gasteiger partial charge in [0.2, 0.25) is 0 Å². The van der Waals surface area contributed by atoms with Crippen molar-refractivity contribution in [2.75, 3.05) is 0 Å². The zero-order valence-corrected chi connectivity index (χ0v) is 35.1. The Morgan fingerprint density at radius 1 is 0.521 bits per heavy atom. The van der Waals surface area contributed by atoms with Gasteiger partial charge in [0, 0.05) is 0 Å². The standard InChI is InChI=1S/C43H70N2.CH3.BrH.Ni/c1-8-14-18-21-22-24-28-39-34-41(32-36(12-5)42(39)29-25-20-16-10-3)44-35(7)43(13-6)45-40-31-30-37(26-17-11-4)38(33-40)27-23-19-15-9-2;;;/h30-34H,8-29H2,1-7H3;1H3;1H;/q;-1;;+1/p-1. The van der Waals surface area contributed by atoms with Crippen molar-refractivity contribution >= 4 is 37.0 Å². The Morgan fingerprint density at radius 2 is 1.00 bits per heavy atom. The van der Waals surface area contributed by atoms with Crippen molar-refractivity contribution in [2.24, 2.45) is 9.98 Å². The fraction of sp³-hybridized carbons (Fsp3) is 0.659. The molecular formula is C44H73BrN2Ni-. The number of unbranched alkanes of at least 4 members (excludes halogenated alkanes) is 12. The number of rotatable bonds is 25. The third-order valence-corrected chi connectivity index (χ3v) is 9.48. The molecule has 0 heterocycles. The predicted molar refractivity (Wildman–Crippen MR) is 219 cm³/mol. The zero-order chi connectivity index (χ0) is 34.7. The number of aliphatic imine (C=N–C) groups is 2. The molecule has 0 spiro atoms. The molecule has 0 fully saturated rings. The Hall–Kier alpha value is -1.25. The summed E-state index contributed by atoms with van der Waals surface area (Å²) in [5, 5.41) is 0. The molecule has 0 saturated carbocycles. The Kier molecular flexibility index (Phi) is 29.8. The number of hydrogen-bond donors (Lipinski definition) is 0.